The fraction of sp³-hybridized carbons (Fsp3) is 0.933. The summed E-state index contributed by atoms with van der Waals surface area (Å²) < 4.78 is 0. The SMILES string of the molecule is CC(C)NCC1CCCN(CC(=O)N2CCCC2)C1. The van der Waals surface area contributed by atoms with Crippen LogP contribution in [-0.2, 0) is 4.79 Å². The summed E-state index contributed by atoms with van der Waals surface area (Å²) in [5.41, 5.74) is 0. The maximum atomic E-state index is 12.2. The van der Waals surface area contributed by atoms with Gasteiger partial charge >= 0.3 is 0 Å². The molecule has 0 aromatic carbocycles. The quantitative estimate of drug-likeness (QED) is 0.816. The van der Waals surface area contributed by atoms with Gasteiger partial charge in [0.1, 0.15) is 0 Å². The van der Waals surface area contributed by atoms with Crippen LogP contribution < -0.4 is 5.32 Å². The Kier molecular flexibility index (Phi) is 5.64. The van der Waals surface area contributed by atoms with Gasteiger partial charge in [0.05, 0.1) is 6.54 Å². The monoisotopic (exact) mass is 267 g/mol. The highest BCUT2D eigenvalue weighted by molar-refractivity contribution is 5.78. The molecule has 0 spiro atoms. The summed E-state index contributed by atoms with van der Waals surface area (Å²) in [5, 5.41) is 3.52. The number of likely N-dealkylation sites (tertiary alicyclic amines) is 2. The lowest BCUT2D eigenvalue weighted by atomic mass is 9.97. The van der Waals surface area contributed by atoms with Crippen LogP contribution in [0.5, 0.6) is 0 Å². The maximum absolute atomic E-state index is 12.2. The summed E-state index contributed by atoms with van der Waals surface area (Å²) >= 11 is 0. The highest BCUT2D eigenvalue weighted by Crippen LogP contribution is 2.16. The van der Waals surface area contributed by atoms with E-state index in [1.54, 1.807) is 0 Å². The van der Waals surface area contributed by atoms with Crippen molar-refractivity contribution in [2.24, 2.45) is 5.92 Å². The number of amides is 1. The first-order valence-electron chi connectivity index (χ1n) is 7.88. The van der Waals surface area contributed by atoms with Crippen molar-refractivity contribution in [3.05, 3.63) is 0 Å². The van der Waals surface area contributed by atoms with Gasteiger partial charge in [-0.15, -0.1) is 0 Å². The van der Waals surface area contributed by atoms with Crippen molar-refractivity contribution >= 4 is 5.91 Å². The zero-order valence-electron chi connectivity index (χ0n) is 12.5. The molecule has 2 saturated heterocycles. The predicted molar refractivity (Wildman–Crippen MR) is 78.1 cm³/mol. The second-order valence-corrected chi connectivity index (χ2v) is 6.39. The number of carbonyl (C=O) groups excluding carboxylic acids is 1. The van der Waals surface area contributed by atoms with Crippen molar-refractivity contribution in [2.75, 3.05) is 39.3 Å². The molecule has 1 unspecified atom stereocenters. The summed E-state index contributed by atoms with van der Waals surface area (Å²) in [7, 11) is 0. The van der Waals surface area contributed by atoms with Gasteiger partial charge < -0.3 is 10.2 Å². The van der Waals surface area contributed by atoms with Crippen molar-refractivity contribution in [3.8, 4) is 0 Å². The molecule has 4 nitrogen and oxygen atoms in total. The molecule has 0 aliphatic carbocycles. The van der Waals surface area contributed by atoms with Gasteiger partial charge in [-0.2, -0.15) is 0 Å². The Morgan fingerprint density at radius 1 is 1.21 bits per heavy atom. The van der Waals surface area contributed by atoms with Crippen LogP contribution in [-0.4, -0.2) is 61.0 Å². The number of nitrogens with one attached hydrogen (secondary N) is 1. The second kappa shape index (κ2) is 7.25. The van der Waals surface area contributed by atoms with Crippen molar-refractivity contribution in [2.45, 2.75) is 45.6 Å². The van der Waals surface area contributed by atoms with E-state index >= 15 is 0 Å². The fourth-order valence-corrected chi connectivity index (χ4v) is 3.12. The Bertz CT molecular complexity index is 287. The van der Waals surface area contributed by atoms with Gasteiger partial charge in [-0.25, -0.2) is 0 Å². The van der Waals surface area contributed by atoms with Gasteiger partial charge in [-0.05, 0) is 44.7 Å². The lowest BCUT2D eigenvalue weighted by Crippen LogP contribution is -2.45. The highest BCUT2D eigenvalue weighted by atomic mass is 16.2. The number of piperidine rings is 1. The predicted octanol–water partition coefficient (Wildman–Crippen LogP) is 1.32. The molecule has 2 rings (SSSR count). The second-order valence-electron chi connectivity index (χ2n) is 6.39. The maximum Gasteiger partial charge on any atom is 0.236 e. The molecule has 1 amide bonds. The Morgan fingerprint density at radius 3 is 2.63 bits per heavy atom. The first kappa shape index (κ1) is 14.8. The third-order valence-electron chi connectivity index (χ3n) is 4.24. The van der Waals surface area contributed by atoms with Gasteiger partial charge in [0.15, 0.2) is 0 Å². The van der Waals surface area contributed by atoms with E-state index in [1.165, 1.54) is 25.7 Å². The molecule has 4 heteroatoms. The molecule has 19 heavy (non-hydrogen) atoms. The third-order valence-corrected chi connectivity index (χ3v) is 4.24. The number of hydrogen-bond donors (Lipinski definition) is 1. The summed E-state index contributed by atoms with van der Waals surface area (Å²) in [6.45, 7) is 10.2. The molecule has 0 aromatic rings. The normalized spacial score (nSPS) is 25.2. The number of nitrogens with zero attached hydrogens (tertiary/aromatic N) is 2. The zero-order valence-corrected chi connectivity index (χ0v) is 12.5. The average molecular weight is 267 g/mol. The minimum Gasteiger partial charge on any atom is -0.342 e. The van der Waals surface area contributed by atoms with E-state index in [9.17, 15) is 4.79 Å². The van der Waals surface area contributed by atoms with E-state index in [4.69, 9.17) is 0 Å². The zero-order chi connectivity index (χ0) is 13.7. The molecule has 0 saturated carbocycles. The van der Waals surface area contributed by atoms with Crippen molar-refractivity contribution in [3.63, 3.8) is 0 Å². The van der Waals surface area contributed by atoms with Gasteiger partial charge in [0, 0.05) is 25.7 Å². The standard InChI is InChI=1S/C15H29N3O/c1-13(2)16-10-14-6-5-7-17(11-14)12-15(19)18-8-3-4-9-18/h13-14,16H,3-12H2,1-2H3. The van der Waals surface area contributed by atoms with Gasteiger partial charge in [-0.1, -0.05) is 13.8 Å². The van der Waals surface area contributed by atoms with Crippen LogP contribution in [0.4, 0.5) is 0 Å². The smallest absolute Gasteiger partial charge is 0.236 e. The molecule has 2 aliphatic rings. The Morgan fingerprint density at radius 2 is 1.95 bits per heavy atom. The topological polar surface area (TPSA) is 35.6 Å². The highest BCUT2D eigenvalue weighted by Gasteiger charge is 2.24. The average Bonchev–Trinajstić information content (AvgIpc) is 2.91. The molecule has 2 heterocycles. The van der Waals surface area contributed by atoms with Crippen molar-refractivity contribution in [1.29, 1.82) is 0 Å². The summed E-state index contributed by atoms with van der Waals surface area (Å²) in [6, 6.07) is 0.557. The van der Waals surface area contributed by atoms with Gasteiger partial charge in [0.2, 0.25) is 5.91 Å². The molecule has 1 N–H and O–H groups in total. The number of hydrogen-bond acceptors (Lipinski definition) is 3. The van der Waals surface area contributed by atoms with Crippen LogP contribution in [0.15, 0.2) is 0 Å². The number of rotatable bonds is 5. The van der Waals surface area contributed by atoms with Crippen molar-refractivity contribution < 1.29 is 4.79 Å². The van der Waals surface area contributed by atoms with Crippen LogP contribution in [0.3, 0.4) is 0 Å². The lowest BCUT2D eigenvalue weighted by Gasteiger charge is -2.33. The first-order chi connectivity index (χ1) is 9.15. The van der Waals surface area contributed by atoms with Gasteiger partial charge in [0.25, 0.3) is 0 Å². The van der Waals surface area contributed by atoms with Crippen molar-refractivity contribution in [1.82, 2.24) is 15.1 Å². The van der Waals surface area contributed by atoms with Crippen LogP contribution in [0.2, 0.25) is 0 Å². The molecule has 110 valence electrons. The van der Waals surface area contributed by atoms with Crippen LogP contribution in [0.1, 0.15) is 39.5 Å². The van der Waals surface area contributed by atoms with E-state index in [-0.39, 0.29) is 0 Å². The molecule has 0 bridgehead atoms. The minimum atomic E-state index is 0.343. The Hall–Kier alpha value is -0.610. The minimum absolute atomic E-state index is 0.343. The Balaban J connectivity index is 1.72. The van der Waals surface area contributed by atoms with E-state index in [0.29, 0.717) is 24.4 Å². The molecular weight excluding hydrogens is 238 g/mol. The molecule has 0 aromatic heterocycles. The third kappa shape index (κ3) is 4.77. The molecule has 1 atom stereocenters. The molecule has 2 aliphatic heterocycles. The summed E-state index contributed by atoms with van der Waals surface area (Å²) in [5.74, 6) is 1.05. The van der Waals surface area contributed by atoms with Gasteiger partial charge in [-0.3, -0.25) is 9.69 Å². The molecule has 0 radical (unpaired) electrons. The lowest BCUT2D eigenvalue weighted by molar-refractivity contribution is -0.131. The van der Waals surface area contributed by atoms with Crippen LogP contribution in [0.25, 0.3) is 0 Å². The molecular formula is C15H29N3O. The first-order valence-corrected chi connectivity index (χ1v) is 7.88. The summed E-state index contributed by atoms with van der Waals surface area (Å²) in [6.07, 6.45) is 4.91. The number of carbonyl (C=O) groups is 1. The van der Waals surface area contributed by atoms with Crippen LogP contribution >= 0.6 is 0 Å². The Labute approximate surface area is 117 Å². The molecule has 2 fully saturated rings. The largest absolute Gasteiger partial charge is 0.342 e. The van der Waals surface area contributed by atoms with E-state index in [2.05, 4.69) is 24.1 Å². The van der Waals surface area contributed by atoms with E-state index in [0.717, 1.165) is 32.7 Å². The fourth-order valence-electron chi connectivity index (χ4n) is 3.12. The summed E-state index contributed by atoms with van der Waals surface area (Å²) in [4.78, 5) is 16.6. The van der Waals surface area contributed by atoms with E-state index in [1.807, 2.05) is 4.90 Å². The van der Waals surface area contributed by atoms with E-state index < -0.39 is 0 Å². The van der Waals surface area contributed by atoms with Crippen LogP contribution in [0, 0.1) is 5.92 Å².